The van der Waals surface area contributed by atoms with Gasteiger partial charge in [-0.15, -0.1) is 0 Å². The largest absolute Gasteiger partial charge is 0.477 e. The van der Waals surface area contributed by atoms with Crippen molar-refractivity contribution in [3.63, 3.8) is 0 Å². The zero-order valence-electron chi connectivity index (χ0n) is 25.3. The van der Waals surface area contributed by atoms with Crippen LogP contribution in [0.4, 0.5) is 13.2 Å². The molecule has 5 aromatic heterocycles. The number of aromatic carboxylic acids is 1. The average molecular weight is 637 g/mol. The number of rotatable bonds is 8. The SMILES string of the molecule is CCNC(=O)c1cc2c(-n3ccc(C(F)(F)F)n3)c(-c3cnc4c(c3)c(=O)c(C(=O)O)cn4C(C)(C)CN3CCCC3)cnc2[nH]1. The van der Waals surface area contributed by atoms with Gasteiger partial charge in [0.25, 0.3) is 5.91 Å². The Morgan fingerprint density at radius 3 is 2.48 bits per heavy atom. The van der Waals surface area contributed by atoms with Gasteiger partial charge in [0, 0.05) is 54.4 Å². The second-order valence-electron chi connectivity index (χ2n) is 11.9. The number of carbonyl (C=O) groups excluding carboxylic acids is 1. The van der Waals surface area contributed by atoms with Crippen molar-refractivity contribution in [3.8, 4) is 16.8 Å². The number of carboxylic acids is 1. The van der Waals surface area contributed by atoms with Crippen molar-refractivity contribution in [2.24, 2.45) is 0 Å². The second kappa shape index (κ2) is 11.4. The Balaban J connectivity index is 1.58. The first kappa shape index (κ1) is 31.0. The van der Waals surface area contributed by atoms with E-state index < -0.39 is 40.3 Å². The molecule has 3 N–H and O–H groups in total. The van der Waals surface area contributed by atoms with Crippen LogP contribution in [0.15, 0.2) is 47.8 Å². The van der Waals surface area contributed by atoms with Gasteiger partial charge in [-0.1, -0.05) is 0 Å². The number of likely N-dealkylation sites (tertiary alicyclic amines) is 1. The number of amides is 1. The van der Waals surface area contributed by atoms with E-state index in [4.69, 9.17) is 0 Å². The minimum absolute atomic E-state index is 0.0199. The number of fused-ring (bicyclic) bond motifs is 2. The molecule has 1 aliphatic rings. The molecule has 1 aliphatic heterocycles. The Bertz CT molecular complexity index is 2050. The fourth-order valence-electron chi connectivity index (χ4n) is 6.03. The van der Waals surface area contributed by atoms with Crippen molar-refractivity contribution >= 4 is 33.9 Å². The summed E-state index contributed by atoms with van der Waals surface area (Å²) in [4.78, 5) is 52.6. The number of hydrogen-bond donors (Lipinski definition) is 3. The molecule has 15 heteroatoms. The van der Waals surface area contributed by atoms with Crippen LogP contribution in [-0.4, -0.2) is 77.4 Å². The predicted molar refractivity (Wildman–Crippen MR) is 163 cm³/mol. The number of halogens is 3. The zero-order valence-corrected chi connectivity index (χ0v) is 25.3. The normalized spacial score (nSPS) is 14.4. The number of alkyl halides is 3. The monoisotopic (exact) mass is 636 g/mol. The molecule has 5 aromatic rings. The summed E-state index contributed by atoms with van der Waals surface area (Å²) in [6.07, 6.45) is 2.72. The molecule has 6 heterocycles. The summed E-state index contributed by atoms with van der Waals surface area (Å²) in [5, 5.41) is 16.7. The van der Waals surface area contributed by atoms with E-state index in [1.807, 2.05) is 13.8 Å². The molecule has 1 amide bonds. The third-order valence-corrected chi connectivity index (χ3v) is 8.17. The lowest BCUT2D eigenvalue weighted by Crippen LogP contribution is -2.41. The van der Waals surface area contributed by atoms with E-state index in [0.717, 1.165) is 42.9 Å². The molecule has 0 bridgehead atoms. The molecule has 46 heavy (non-hydrogen) atoms. The minimum Gasteiger partial charge on any atom is -0.477 e. The Kier molecular flexibility index (Phi) is 7.66. The molecule has 0 radical (unpaired) electrons. The van der Waals surface area contributed by atoms with E-state index in [-0.39, 0.29) is 39.2 Å². The van der Waals surface area contributed by atoms with Gasteiger partial charge < -0.3 is 24.9 Å². The third kappa shape index (κ3) is 5.50. The highest BCUT2D eigenvalue weighted by Gasteiger charge is 2.34. The number of pyridine rings is 3. The van der Waals surface area contributed by atoms with E-state index in [1.165, 1.54) is 30.7 Å². The Morgan fingerprint density at radius 1 is 1.09 bits per heavy atom. The third-order valence-electron chi connectivity index (χ3n) is 8.17. The van der Waals surface area contributed by atoms with Crippen LogP contribution in [0.1, 0.15) is 60.2 Å². The minimum atomic E-state index is -4.72. The predicted octanol–water partition coefficient (Wildman–Crippen LogP) is 4.42. The van der Waals surface area contributed by atoms with Gasteiger partial charge in [0.15, 0.2) is 5.69 Å². The van der Waals surface area contributed by atoms with Gasteiger partial charge >= 0.3 is 12.1 Å². The Morgan fingerprint density at radius 2 is 1.83 bits per heavy atom. The van der Waals surface area contributed by atoms with Gasteiger partial charge in [-0.25, -0.2) is 19.4 Å². The summed E-state index contributed by atoms with van der Waals surface area (Å²) < 4.78 is 43.5. The van der Waals surface area contributed by atoms with Crippen LogP contribution < -0.4 is 10.7 Å². The summed E-state index contributed by atoms with van der Waals surface area (Å²) in [5.74, 6) is -1.83. The van der Waals surface area contributed by atoms with Crippen molar-refractivity contribution in [1.29, 1.82) is 0 Å². The first-order valence-corrected chi connectivity index (χ1v) is 14.7. The van der Waals surface area contributed by atoms with Gasteiger partial charge in [0.1, 0.15) is 22.6 Å². The number of nitrogens with one attached hydrogen (secondary N) is 2. The highest BCUT2D eigenvalue weighted by atomic mass is 19.4. The standard InChI is InChI=1S/C31H31F3N8O4/c1-4-35-28(44)22-12-18-24(42-10-7-23(39-42)31(32,33)34)20(14-36-26(18)38-22)17-11-19-25(43)21(29(45)46)15-41(27(19)37-13-17)30(2,3)16-40-8-5-6-9-40/h7,10-15H,4-6,8-9,16H2,1-3H3,(H,35,44)(H,36,38)(H,45,46). The fraction of sp³-hybridized carbons (Fsp3) is 0.355. The smallest absolute Gasteiger partial charge is 0.435 e. The van der Waals surface area contributed by atoms with E-state index in [2.05, 4.69) is 30.3 Å². The number of hydrogen-bond acceptors (Lipinski definition) is 7. The van der Waals surface area contributed by atoms with Crippen LogP contribution in [0, 0.1) is 0 Å². The summed E-state index contributed by atoms with van der Waals surface area (Å²) >= 11 is 0. The Labute approximate surface area is 259 Å². The lowest BCUT2D eigenvalue weighted by molar-refractivity contribution is -0.141. The first-order valence-electron chi connectivity index (χ1n) is 14.7. The molecule has 0 aromatic carbocycles. The maximum Gasteiger partial charge on any atom is 0.435 e. The molecule has 6 rings (SSSR count). The number of carbonyl (C=O) groups is 2. The van der Waals surface area contributed by atoms with E-state index in [9.17, 15) is 32.7 Å². The number of aromatic amines is 1. The topological polar surface area (TPSA) is 151 Å². The quantitative estimate of drug-likeness (QED) is 0.227. The van der Waals surface area contributed by atoms with Crippen LogP contribution >= 0.6 is 0 Å². The second-order valence-corrected chi connectivity index (χ2v) is 11.9. The van der Waals surface area contributed by atoms with E-state index in [1.54, 1.807) is 11.5 Å². The van der Waals surface area contributed by atoms with Crippen molar-refractivity contribution in [2.45, 2.75) is 45.3 Å². The van der Waals surface area contributed by atoms with Crippen LogP contribution in [0.5, 0.6) is 0 Å². The van der Waals surface area contributed by atoms with Gasteiger partial charge in [-0.2, -0.15) is 18.3 Å². The summed E-state index contributed by atoms with van der Waals surface area (Å²) in [7, 11) is 0. The number of nitrogens with zero attached hydrogens (tertiary/aromatic N) is 6. The first-order chi connectivity index (χ1) is 21.8. The highest BCUT2D eigenvalue weighted by Crippen LogP contribution is 2.35. The summed E-state index contributed by atoms with van der Waals surface area (Å²) in [6.45, 7) is 8.40. The molecule has 0 unspecified atom stereocenters. The molecular weight excluding hydrogens is 605 g/mol. The van der Waals surface area contributed by atoms with Crippen LogP contribution in [0.25, 0.3) is 38.9 Å². The molecule has 1 fully saturated rings. The maximum absolute atomic E-state index is 13.6. The highest BCUT2D eigenvalue weighted by molar-refractivity contribution is 6.02. The number of aromatic nitrogens is 6. The van der Waals surface area contributed by atoms with Crippen molar-refractivity contribution in [3.05, 3.63) is 70.2 Å². The zero-order chi connectivity index (χ0) is 33.0. The number of carboxylic acid groups (broad SMARTS) is 1. The van der Waals surface area contributed by atoms with Crippen LogP contribution in [-0.2, 0) is 11.7 Å². The molecule has 240 valence electrons. The molecular formula is C31H31F3N8O4. The van der Waals surface area contributed by atoms with E-state index in [0.29, 0.717) is 18.5 Å². The summed E-state index contributed by atoms with van der Waals surface area (Å²) in [5.41, 5.74) is -1.66. The lowest BCUT2D eigenvalue weighted by atomic mass is 10.0. The lowest BCUT2D eigenvalue weighted by Gasteiger charge is -2.33. The summed E-state index contributed by atoms with van der Waals surface area (Å²) in [6, 6.07) is 3.76. The van der Waals surface area contributed by atoms with Gasteiger partial charge in [0.2, 0.25) is 5.43 Å². The molecule has 0 saturated carbocycles. The van der Waals surface area contributed by atoms with Crippen molar-refractivity contribution < 1.29 is 27.9 Å². The Hall–Kier alpha value is -5.05. The van der Waals surface area contributed by atoms with Crippen LogP contribution in [0.3, 0.4) is 0 Å². The maximum atomic E-state index is 13.6. The van der Waals surface area contributed by atoms with Crippen molar-refractivity contribution in [1.82, 2.24) is 39.5 Å². The van der Waals surface area contributed by atoms with Gasteiger partial charge in [-0.3, -0.25) is 9.59 Å². The average Bonchev–Trinajstić information content (AvgIpc) is 3.77. The molecule has 0 atom stereocenters. The molecule has 1 saturated heterocycles. The van der Waals surface area contributed by atoms with Gasteiger partial charge in [-0.05, 0) is 64.9 Å². The molecule has 0 aliphatic carbocycles. The fourth-order valence-corrected chi connectivity index (χ4v) is 6.03. The van der Waals surface area contributed by atoms with Gasteiger partial charge in [0.05, 0.1) is 16.6 Å². The number of H-pyrrole nitrogens is 1. The molecule has 0 spiro atoms. The molecule has 12 nitrogen and oxygen atoms in total. The van der Waals surface area contributed by atoms with Crippen LogP contribution in [0.2, 0.25) is 0 Å². The van der Waals surface area contributed by atoms with Crippen molar-refractivity contribution in [2.75, 3.05) is 26.2 Å². The van der Waals surface area contributed by atoms with E-state index >= 15 is 0 Å².